The molecule has 0 saturated heterocycles. The van der Waals surface area contributed by atoms with Crippen LogP contribution < -0.4 is 0 Å². The number of hydrogen-bond acceptors (Lipinski definition) is 1. The Bertz CT molecular complexity index is 572. The highest BCUT2D eigenvalue weighted by atomic mass is 14.7. The monoisotopic (exact) mass is 311 g/mol. The molecule has 0 aliphatic heterocycles. The van der Waals surface area contributed by atoms with Gasteiger partial charge in [-0.05, 0) is 61.7 Å². The van der Waals surface area contributed by atoms with Crippen molar-refractivity contribution in [2.45, 2.75) is 54.9 Å². The van der Waals surface area contributed by atoms with Crippen LogP contribution in [0.4, 0.5) is 0 Å². The third kappa shape index (κ3) is 6.17. The lowest BCUT2D eigenvalue weighted by Gasteiger charge is -2.18. The van der Waals surface area contributed by atoms with E-state index in [0.29, 0.717) is 11.8 Å². The summed E-state index contributed by atoms with van der Waals surface area (Å²) in [6.45, 7) is 19.5. The third-order valence-corrected chi connectivity index (χ3v) is 4.42. The molecule has 0 radical (unpaired) electrons. The molecule has 1 aromatic carbocycles. The predicted molar refractivity (Wildman–Crippen MR) is 105 cm³/mol. The lowest BCUT2D eigenvalue weighted by Crippen LogP contribution is -2.12. The summed E-state index contributed by atoms with van der Waals surface area (Å²) in [5, 5.41) is 0. The number of nitrogens with zero attached hydrogens (tertiary/aromatic N) is 1. The molecule has 0 bridgehead atoms. The molecule has 0 unspecified atom stereocenters. The minimum absolute atomic E-state index is 0.470. The summed E-state index contributed by atoms with van der Waals surface area (Å²) >= 11 is 0. The van der Waals surface area contributed by atoms with Crippen molar-refractivity contribution in [3.05, 3.63) is 53.2 Å². The Balaban J connectivity index is 3.02. The van der Waals surface area contributed by atoms with Gasteiger partial charge in [0.25, 0.3) is 0 Å². The smallest absolute Gasteiger partial charge is 0.0684 e. The van der Waals surface area contributed by atoms with Crippen LogP contribution in [0.2, 0.25) is 0 Å². The van der Waals surface area contributed by atoms with Gasteiger partial charge in [-0.15, -0.1) is 0 Å². The van der Waals surface area contributed by atoms with E-state index in [1.54, 1.807) is 0 Å². The van der Waals surface area contributed by atoms with Crippen molar-refractivity contribution in [2.75, 3.05) is 0 Å². The van der Waals surface area contributed by atoms with Crippen molar-refractivity contribution >= 4 is 11.8 Å². The summed E-state index contributed by atoms with van der Waals surface area (Å²) in [6.07, 6.45) is 3.34. The fourth-order valence-corrected chi connectivity index (χ4v) is 2.76. The van der Waals surface area contributed by atoms with Crippen molar-refractivity contribution in [2.24, 2.45) is 22.7 Å². The fraction of sp³-hybridized carbons (Fsp3) is 0.500. The second kappa shape index (κ2) is 8.86. The Kier molecular flexibility index (Phi) is 7.48. The van der Waals surface area contributed by atoms with Crippen molar-refractivity contribution in [1.29, 1.82) is 0 Å². The number of aryl methyl sites for hydroxylation is 1. The van der Waals surface area contributed by atoms with E-state index in [1.165, 1.54) is 23.1 Å². The van der Waals surface area contributed by atoms with Crippen molar-refractivity contribution in [1.82, 2.24) is 0 Å². The first kappa shape index (κ1) is 19.4. The molecule has 2 atom stereocenters. The molecule has 0 amide bonds. The number of aliphatic imine (C=N–C) groups is 1. The molecular weight excluding hydrogens is 278 g/mol. The summed E-state index contributed by atoms with van der Waals surface area (Å²) in [7, 11) is 0. The van der Waals surface area contributed by atoms with Gasteiger partial charge < -0.3 is 0 Å². The highest BCUT2D eigenvalue weighted by Crippen LogP contribution is 2.25. The molecule has 126 valence electrons. The first-order valence-electron chi connectivity index (χ1n) is 8.70. The Morgan fingerprint density at radius 1 is 1.09 bits per heavy atom. The van der Waals surface area contributed by atoms with E-state index in [-0.39, 0.29) is 0 Å². The zero-order valence-electron chi connectivity index (χ0n) is 16.0. The van der Waals surface area contributed by atoms with Crippen LogP contribution in [-0.2, 0) is 0 Å². The van der Waals surface area contributed by atoms with Gasteiger partial charge in [0, 0.05) is 6.21 Å². The van der Waals surface area contributed by atoms with Crippen LogP contribution in [0, 0.1) is 24.7 Å². The minimum Gasteiger partial charge on any atom is -0.260 e. The highest BCUT2D eigenvalue weighted by molar-refractivity contribution is 5.74. The first-order chi connectivity index (χ1) is 10.7. The van der Waals surface area contributed by atoms with Crippen molar-refractivity contribution in [3.8, 4) is 0 Å². The van der Waals surface area contributed by atoms with Gasteiger partial charge in [-0.2, -0.15) is 0 Å². The summed E-state index contributed by atoms with van der Waals surface area (Å²) in [4.78, 5) is 4.81. The lowest BCUT2D eigenvalue weighted by atomic mass is 9.89. The van der Waals surface area contributed by atoms with Crippen LogP contribution in [0.25, 0.3) is 5.57 Å². The predicted octanol–water partition coefficient (Wildman–Crippen LogP) is 6.69. The Morgan fingerprint density at radius 2 is 1.65 bits per heavy atom. The quantitative estimate of drug-likeness (QED) is 0.393. The average Bonchev–Trinajstić information content (AvgIpc) is 2.46. The van der Waals surface area contributed by atoms with E-state index >= 15 is 0 Å². The van der Waals surface area contributed by atoms with Crippen LogP contribution in [0.1, 0.15) is 59.1 Å². The van der Waals surface area contributed by atoms with Crippen LogP contribution >= 0.6 is 0 Å². The van der Waals surface area contributed by atoms with E-state index in [4.69, 9.17) is 4.99 Å². The Hall–Kier alpha value is -1.63. The SMILES string of the molecule is C=C(C)/C(N=C[C@H](C)[C@H](C)CC(C)C)=C(\C)c1ccc(C)cc1. The first-order valence-corrected chi connectivity index (χ1v) is 8.70. The Morgan fingerprint density at radius 3 is 2.13 bits per heavy atom. The van der Waals surface area contributed by atoms with Gasteiger partial charge in [0.1, 0.15) is 0 Å². The Labute approximate surface area is 143 Å². The molecule has 0 aliphatic rings. The van der Waals surface area contributed by atoms with Crippen molar-refractivity contribution in [3.63, 3.8) is 0 Å². The number of hydrogen-bond donors (Lipinski definition) is 0. The summed E-state index contributed by atoms with van der Waals surface area (Å²) in [5.74, 6) is 1.84. The maximum atomic E-state index is 4.81. The van der Waals surface area contributed by atoms with E-state index in [1.807, 2.05) is 6.92 Å². The standard InChI is InChI=1S/C22H33N/c1-15(2)13-18(6)19(7)14-23-22(16(3)4)20(8)21-11-9-17(5)10-12-21/h9-12,14-15,18-19H,3,13H2,1-2,4-8H3/b22-20-,23-14?/t18-,19+/m1/s1. The van der Waals surface area contributed by atoms with Gasteiger partial charge in [-0.1, -0.05) is 64.1 Å². The van der Waals surface area contributed by atoms with Crippen molar-refractivity contribution < 1.29 is 0 Å². The summed E-state index contributed by atoms with van der Waals surface area (Å²) in [5.41, 5.74) is 5.71. The van der Waals surface area contributed by atoms with Gasteiger partial charge in [0.2, 0.25) is 0 Å². The topological polar surface area (TPSA) is 12.4 Å². The third-order valence-electron chi connectivity index (χ3n) is 4.42. The molecule has 0 N–H and O–H groups in total. The van der Waals surface area contributed by atoms with Crippen LogP contribution in [0.5, 0.6) is 0 Å². The molecule has 0 fully saturated rings. The molecule has 1 heteroatoms. The molecule has 0 aromatic heterocycles. The van der Waals surface area contributed by atoms with E-state index in [9.17, 15) is 0 Å². The molecule has 0 aliphatic carbocycles. The van der Waals surface area contributed by atoms with Gasteiger partial charge in [-0.25, -0.2) is 0 Å². The lowest BCUT2D eigenvalue weighted by molar-refractivity contribution is 0.388. The molecule has 0 saturated carbocycles. The molecule has 1 rings (SSSR count). The zero-order chi connectivity index (χ0) is 17.6. The average molecular weight is 312 g/mol. The highest BCUT2D eigenvalue weighted by Gasteiger charge is 2.12. The fourth-order valence-electron chi connectivity index (χ4n) is 2.76. The van der Waals surface area contributed by atoms with E-state index < -0.39 is 0 Å². The zero-order valence-corrected chi connectivity index (χ0v) is 16.0. The van der Waals surface area contributed by atoms with Gasteiger partial charge in [-0.3, -0.25) is 4.99 Å². The second-order valence-corrected chi connectivity index (χ2v) is 7.36. The van der Waals surface area contributed by atoms with E-state index in [2.05, 4.69) is 78.6 Å². The van der Waals surface area contributed by atoms with Crippen LogP contribution in [0.3, 0.4) is 0 Å². The molecule has 1 nitrogen and oxygen atoms in total. The number of allylic oxidation sites excluding steroid dienone is 2. The molecule has 23 heavy (non-hydrogen) atoms. The van der Waals surface area contributed by atoms with E-state index in [0.717, 1.165) is 17.2 Å². The maximum absolute atomic E-state index is 4.81. The summed E-state index contributed by atoms with van der Waals surface area (Å²) in [6, 6.07) is 8.61. The molecular formula is C22H33N. The second-order valence-electron chi connectivity index (χ2n) is 7.36. The van der Waals surface area contributed by atoms with Gasteiger partial charge >= 0.3 is 0 Å². The number of rotatable bonds is 7. The normalized spacial score (nSPS) is 15.7. The van der Waals surface area contributed by atoms with Gasteiger partial charge in [0.15, 0.2) is 0 Å². The maximum Gasteiger partial charge on any atom is 0.0684 e. The largest absolute Gasteiger partial charge is 0.260 e. The molecule has 0 heterocycles. The van der Waals surface area contributed by atoms with Gasteiger partial charge in [0.05, 0.1) is 5.70 Å². The van der Waals surface area contributed by atoms with Crippen LogP contribution in [0.15, 0.2) is 47.1 Å². The summed E-state index contributed by atoms with van der Waals surface area (Å²) < 4.78 is 0. The molecule has 1 aromatic rings. The van der Waals surface area contributed by atoms with Crippen LogP contribution in [-0.4, -0.2) is 6.21 Å². The minimum atomic E-state index is 0.470. The number of benzene rings is 1. The molecule has 0 spiro atoms.